The average molecular weight is 189 g/mol. The van der Waals surface area contributed by atoms with E-state index in [1.807, 2.05) is 0 Å². The molecule has 0 aliphatic carbocycles. The molecule has 5 heteroatoms. The zero-order valence-electron chi connectivity index (χ0n) is 6.56. The predicted octanol–water partition coefficient (Wildman–Crippen LogP) is 2.16. The van der Waals surface area contributed by atoms with E-state index in [1.165, 1.54) is 12.1 Å². The number of hydrogen-bond acceptors (Lipinski definition) is 4. The van der Waals surface area contributed by atoms with Crippen LogP contribution in [-0.4, -0.2) is 13.7 Å². The van der Waals surface area contributed by atoms with Crippen LogP contribution in [0, 0.1) is 6.92 Å². The maximum atomic E-state index is 8.91. The number of hydrogen-bond donors (Lipinski definition) is 4. The van der Waals surface area contributed by atoms with Crippen LogP contribution < -0.4 is 5.73 Å². The Hall–Kier alpha value is -0.750. The molecule has 0 saturated carbocycles. The van der Waals surface area contributed by atoms with Gasteiger partial charge in [0.05, 0.1) is 10.6 Å². The molecule has 1 rings (SSSR count). The number of nitrogens with two attached hydrogens (primary N) is 1. The van der Waals surface area contributed by atoms with Gasteiger partial charge in [0.2, 0.25) is 0 Å². The third kappa shape index (κ3) is 1.89. The van der Waals surface area contributed by atoms with Gasteiger partial charge in [0.25, 0.3) is 0 Å². The van der Waals surface area contributed by atoms with Crippen molar-refractivity contribution in [3.63, 3.8) is 0 Å². The van der Waals surface area contributed by atoms with E-state index in [0.29, 0.717) is 0 Å². The minimum atomic E-state index is -3.68. The lowest BCUT2D eigenvalue weighted by Crippen LogP contribution is -2.00. The molecule has 1 aromatic rings. The number of aryl methyl sites for hydroxylation is 1. The second-order valence-corrected chi connectivity index (χ2v) is 4.04. The highest BCUT2D eigenvalue weighted by molar-refractivity contribution is 8.19. The number of benzene rings is 1. The minimum absolute atomic E-state index is 0.0116. The fourth-order valence-corrected chi connectivity index (χ4v) is 1.61. The second-order valence-electron chi connectivity index (χ2n) is 2.56. The maximum Gasteiger partial charge on any atom is 0.115 e. The van der Waals surface area contributed by atoms with Crippen molar-refractivity contribution in [1.82, 2.24) is 0 Å². The van der Waals surface area contributed by atoms with E-state index in [4.69, 9.17) is 19.4 Å². The Balaban J connectivity index is 3.23. The van der Waals surface area contributed by atoms with Gasteiger partial charge in [0.15, 0.2) is 0 Å². The molecule has 4 nitrogen and oxygen atoms in total. The Kier molecular flexibility index (Phi) is 2.29. The Bertz CT molecular complexity index is 295. The zero-order valence-corrected chi connectivity index (χ0v) is 7.38. The first-order chi connectivity index (χ1) is 5.41. The van der Waals surface area contributed by atoms with Crippen molar-refractivity contribution in [2.45, 2.75) is 11.8 Å². The summed E-state index contributed by atoms with van der Waals surface area (Å²) in [5.41, 5.74) is 6.41. The normalized spacial score (nSPS) is 13.0. The fraction of sp³-hybridized carbons (Fsp3) is 0.143. The van der Waals surface area contributed by atoms with Crippen LogP contribution in [0.3, 0.4) is 0 Å². The van der Waals surface area contributed by atoms with Gasteiger partial charge in [-0.1, -0.05) is 6.07 Å². The molecule has 0 saturated heterocycles. The van der Waals surface area contributed by atoms with E-state index in [9.17, 15) is 0 Å². The molecule has 0 fully saturated rings. The highest BCUT2D eigenvalue weighted by Crippen LogP contribution is 2.46. The molecule has 1 aromatic carbocycles. The number of anilines is 1. The number of rotatable bonds is 1. The van der Waals surface area contributed by atoms with Crippen LogP contribution in [0.15, 0.2) is 23.1 Å². The molecule has 0 spiro atoms. The van der Waals surface area contributed by atoms with E-state index < -0.39 is 10.9 Å². The van der Waals surface area contributed by atoms with Crippen LogP contribution >= 0.6 is 10.9 Å². The lowest BCUT2D eigenvalue weighted by molar-refractivity contribution is 0.376. The Labute approximate surface area is 72.2 Å². The van der Waals surface area contributed by atoms with Crippen LogP contribution in [-0.2, 0) is 0 Å². The summed E-state index contributed by atoms with van der Waals surface area (Å²) in [6.45, 7) is 1.77. The highest BCUT2D eigenvalue weighted by atomic mass is 32.3. The van der Waals surface area contributed by atoms with Gasteiger partial charge in [0.1, 0.15) is 10.9 Å². The summed E-state index contributed by atoms with van der Waals surface area (Å²) in [5.74, 6) is 0. The van der Waals surface area contributed by atoms with Gasteiger partial charge in [-0.2, -0.15) is 0 Å². The third-order valence-corrected chi connectivity index (χ3v) is 2.41. The van der Waals surface area contributed by atoms with Crippen LogP contribution in [0.5, 0.6) is 0 Å². The van der Waals surface area contributed by atoms with Crippen molar-refractivity contribution in [2.75, 3.05) is 5.73 Å². The Morgan fingerprint density at radius 2 is 1.83 bits per heavy atom. The molecular weight excluding hydrogens is 178 g/mol. The Morgan fingerprint density at radius 1 is 1.25 bits per heavy atom. The SMILES string of the molecule is Cc1ccc(N)c(S(O)(O)O)c1. The van der Waals surface area contributed by atoms with E-state index in [-0.39, 0.29) is 10.6 Å². The highest BCUT2D eigenvalue weighted by Gasteiger charge is 2.18. The van der Waals surface area contributed by atoms with Gasteiger partial charge in [0, 0.05) is 0 Å². The second kappa shape index (κ2) is 2.95. The van der Waals surface area contributed by atoms with E-state index >= 15 is 0 Å². The van der Waals surface area contributed by atoms with Gasteiger partial charge >= 0.3 is 0 Å². The lowest BCUT2D eigenvalue weighted by atomic mass is 10.2. The number of nitrogen functional groups attached to an aromatic ring is 1. The third-order valence-electron chi connectivity index (χ3n) is 1.46. The molecule has 0 aromatic heterocycles. The van der Waals surface area contributed by atoms with Crippen molar-refractivity contribution in [1.29, 1.82) is 0 Å². The van der Waals surface area contributed by atoms with Crippen molar-refractivity contribution >= 4 is 16.6 Å². The summed E-state index contributed by atoms with van der Waals surface area (Å²) >= 11 is 0. The van der Waals surface area contributed by atoms with Gasteiger partial charge in [-0.05, 0) is 24.6 Å². The molecule has 0 atom stereocenters. The van der Waals surface area contributed by atoms with Gasteiger partial charge < -0.3 is 19.4 Å². The molecule has 0 bridgehead atoms. The molecular formula is C7H11NO3S. The Morgan fingerprint density at radius 3 is 2.25 bits per heavy atom. The molecule has 0 aliphatic heterocycles. The summed E-state index contributed by atoms with van der Waals surface area (Å²) in [5, 5.41) is 0. The molecule has 0 unspecified atom stereocenters. The largest absolute Gasteiger partial charge is 0.398 e. The quantitative estimate of drug-likeness (QED) is 0.510. The van der Waals surface area contributed by atoms with Crippen LogP contribution in [0.25, 0.3) is 0 Å². The summed E-state index contributed by atoms with van der Waals surface area (Å²) in [6.07, 6.45) is 0. The first-order valence-corrected chi connectivity index (χ1v) is 4.78. The molecule has 12 heavy (non-hydrogen) atoms. The summed E-state index contributed by atoms with van der Waals surface area (Å²) in [6, 6.07) is 4.70. The van der Waals surface area contributed by atoms with Crippen LogP contribution in [0.4, 0.5) is 5.69 Å². The summed E-state index contributed by atoms with van der Waals surface area (Å²) < 4.78 is 26.7. The molecule has 0 amide bonds. The molecule has 5 N–H and O–H groups in total. The van der Waals surface area contributed by atoms with E-state index in [1.54, 1.807) is 13.0 Å². The van der Waals surface area contributed by atoms with Gasteiger partial charge in [-0.15, -0.1) is 0 Å². The molecule has 0 radical (unpaired) electrons. The van der Waals surface area contributed by atoms with Crippen molar-refractivity contribution in [3.8, 4) is 0 Å². The van der Waals surface area contributed by atoms with Crippen LogP contribution in [0.2, 0.25) is 0 Å². The fourth-order valence-electron chi connectivity index (χ4n) is 0.879. The maximum absolute atomic E-state index is 8.91. The standard InChI is InChI=1S/C7H11NO3S/c1-5-2-3-6(8)7(4-5)12(9,10)11/h2-4,9-11H,8H2,1H3. The summed E-state index contributed by atoms with van der Waals surface area (Å²) in [4.78, 5) is -0.0116. The van der Waals surface area contributed by atoms with E-state index in [2.05, 4.69) is 0 Å². The molecule has 0 heterocycles. The van der Waals surface area contributed by atoms with E-state index in [0.717, 1.165) is 5.56 Å². The minimum Gasteiger partial charge on any atom is -0.398 e. The molecule has 68 valence electrons. The van der Waals surface area contributed by atoms with Crippen molar-refractivity contribution in [3.05, 3.63) is 23.8 Å². The smallest absolute Gasteiger partial charge is 0.115 e. The van der Waals surface area contributed by atoms with Crippen molar-refractivity contribution in [2.24, 2.45) is 0 Å². The average Bonchev–Trinajstić information content (AvgIpc) is 1.92. The molecule has 0 aliphatic rings. The van der Waals surface area contributed by atoms with Crippen LogP contribution in [0.1, 0.15) is 5.56 Å². The van der Waals surface area contributed by atoms with Gasteiger partial charge in [-0.25, -0.2) is 0 Å². The predicted molar refractivity (Wildman–Crippen MR) is 49.3 cm³/mol. The first-order valence-electron chi connectivity index (χ1n) is 3.28. The zero-order chi connectivity index (χ0) is 9.35. The summed E-state index contributed by atoms with van der Waals surface area (Å²) in [7, 11) is -3.68. The lowest BCUT2D eigenvalue weighted by Gasteiger charge is -2.21. The topological polar surface area (TPSA) is 86.7 Å². The van der Waals surface area contributed by atoms with Gasteiger partial charge in [-0.3, -0.25) is 0 Å². The monoisotopic (exact) mass is 189 g/mol. The van der Waals surface area contributed by atoms with Crippen molar-refractivity contribution < 1.29 is 13.7 Å². The first kappa shape index (κ1) is 9.34.